The molecule has 1 aliphatic heterocycles. The van der Waals surface area contributed by atoms with Gasteiger partial charge in [0.15, 0.2) is 5.82 Å². The van der Waals surface area contributed by atoms with Crippen LogP contribution in [0.2, 0.25) is 0 Å². The maximum absolute atomic E-state index is 13.2. The summed E-state index contributed by atoms with van der Waals surface area (Å²) in [6, 6.07) is 10.5. The fourth-order valence-corrected chi connectivity index (χ4v) is 5.04. The van der Waals surface area contributed by atoms with Crippen molar-refractivity contribution in [3.05, 3.63) is 60.1 Å². The Balaban J connectivity index is 0.00000111. The molecule has 0 bridgehead atoms. The van der Waals surface area contributed by atoms with E-state index >= 15 is 0 Å². The van der Waals surface area contributed by atoms with Gasteiger partial charge in [0.05, 0.1) is 17.9 Å². The second kappa shape index (κ2) is 14.7. The third kappa shape index (κ3) is 10.7. The van der Waals surface area contributed by atoms with E-state index in [0.717, 1.165) is 12.8 Å². The van der Waals surface area contributed by atoms with Crippen LogP contribution in [0.25, 0.3) is 0 Å². The third-order valence-corrected chi connectivity index (χ3v) is 7.88. The van der Waals surface area contributed by atoms with Crippen molar-refractivity contribution in [2.75, 3.05) is 42.6 Å². The lowest BCUT2D eigenvalue weighted by Crippen LogP contribution is -2.60. The topological polar surface area (TPSA) is 176 Å². The van der Waals surface area contributed by atoms with Gasteiger partial charge >= 0.3 is 6.03 Å². The molecule has 2 aromatic heterocycles. The van der Waals surface area contributed by atoms with Gasteiger partial charge in [0, 0.05) is 41.4 Å². The maximum Gasteiger partial charge on any atom is 0.324 e. The van der Waals surface area contributed by atoms with E-state index in [1.807, 2.05) is 0 Å². The zero-order chi connectivity index (χ0) is 35.2. The van der Waals surface area contributed by atoms with Gasteiger partial charge in [-0.05, 0) is 78.1 Å². The van der Waals surface area contributed by atoms with E-state index in [1.165, 1.54) is 13.0 Å². The molecule has 13 nitrogen and oxygen atoms in total. The highest BCUT2D eigenvalue weighted by molar-refractivity contribution is 7.85. The minimum Gasteiger partial charge on any atom is -0.489 e. The minimum absolute atomic E-state index is 0.00785. The van der Waals surface area contributed by atoms with Gasteiger partial charge in [0.2, 0.25) is 0 Å². The Morgan fingerprint density at radius 2 is 1.55 bits per heavy atom. The van der Waals surface area contributed by atoms with Gasteiger partial charge in [0.1, 0.15) is 36.7 Å². The van der Waals surface area contributed by atoms with Crippen molar-refractivity contribution in [2.24, 2.45) is 0 Å². The van der Waals surface area contributed by atoms with Crippen molar-refractivity contribution < 1.29 is 40.6 Å². The van der Waals surface area contributed by atoms with Crippen molar-refractivity contribution >= 4 is 39.2 Å². The van der Waals surface area contributed by atoms with Gasteiger partial charge in [-0.3, -0.25) is 19.6 Å². The summed E-state index contributed by atoms with van der Waals surface area (Å²) in [5.41, 5.74) is -0.307. The molecule has 0 spiro atoms. The number of rotatable bonds is 9. The van der Waals surface area contributed by atoms with E-state index in [1.54, 1.807) is 42.6 Å². The van der Waals surface area contributed by atoms with Crippen molar-refractivity contribution in [3.8, 4) is 5.75 Å². The first-order valence-electron chi connectivity index (χ1n) is 14.6. The van der Waals surface area contributed by atoms with E-state index in [0.29, 0.717) is 23.4 Å². The van der Waals surface area contributed by atoms with Crippen LogP contribution in [0.4, 0.5) is 30.8 Å². The summed E-state index contributed by atoms with van der Waals surface area (Å²) in [7, 11) is -1.52. The smallest absolute Gasteiger partial charge is 0.324 e. The van der Waals surface area contributed by atoms with Crippen molar-refractivity contribution in [1.29, 1.82) is 0 Å². The molecule has 3 aromatic rings. The lowest BCUT2D eigenvalue weighted by Gasteiger charge is -2.53. The Hall–Kier alpha value is -4.15. The van der Waals surface area contributed by atoms with E-state index in [9.17, 15) is 26.8 Å². The molecule has 1 aromatic carbocycles. The highest BCUT2D eigenvalue weighted by Gasteiger charge is 2.44. The fraction of sp³-hybridized carbons (Fsp3) is 0.484. The quantitative estimate of drug-likeness (QED) is 0.205. The molecule has 16 heteroatoms. The second-order valence-corrected chi connectivity index (χ2v) is 14.4. The Labute approximate surface area is 273 Å². The number of pyridine rings is 1. The van der Waals surface area contributed by atoms with E-state index in [2.05, 4.69) is 65.7 Å². The molecule has 0 saturated carbocycles. The summed E-state index contributed by atoms with van der Waals surface area (Å²) in [6.45, 7) is 8.26. The standard InChI is InChI=1S/C30H38F2N6O4.CH4O3S/c1-28(2)14-22(15-29(3,4)38(28)6)41-21-11-12-23(33-16-21)26(39)34-19-7-9-20(10-8-19)35-27(40)36-25-13-24(42-37-25)30(5,17-31)18-32;1-5(2,3)4/h7-13,16,22H,14-15,17-18H2,1-6H3,(H,34,39)(H2,35,36,37,40);1H3,(H,2,3,4). The normalized spacial score (nSPS) is 16.4. The first-order chi connectivity index (χ1) is 21.7. The lowest BCUT2D eigenvalue weighted by atomic mass is 9.79. The van der Waals surface area contributed by atoms with Gasteiger partial charge in [-0.1, -0.05) is 5.16 Å². The minimum atomic E-state index is -3.67. The third-order valence-electron chi connectivity index (χ3n) is 7.88. The SMILES string of the molecule is CN1C(C)(C)CC(Oc2ccc(C(=O)Nc3ccc(NC(=O)Nc4cc(C(C)(CF)CF)on4)cc3)nc2)CC1(C)C.CS(=O)(=O)O. The first kappa shape index (κ1) is 37.3. The number of ether oxygens (including phenoxy) is 1. The number of amides is 3. The zero-order valence-electron chi connectivity index (χ0n) is 27.4. The average Bonchev–Trinajstić information content (AvgIpc) is 3.44. The van der Waals surface area contributed by atoms with E-state index in [4.69, 9.17) is 13.8 Å². The van der Waals surface area contributed by atoms with Crippen LogP contribution in [0.3, 0.4) is 0 Å². The molecular weight excluding hydrogens is 638 g/mol. The molecule has 0 aliphatic carbocycles. The molecule has 3 amide bonds. The zero-order valence-corrected chi connectivity index (χ0v) is 28.2. The largest absolute Gasteiger partial charge is 0.489 e. The Kier molecular flexibility index (Phi) is 11.7. The number of anilines is 3. The molecule has 3 heterocycles. The number of benzene rings is 1. The molecule has 0 atom stereocenters. The number of urea groups is 1. The van der Waals surface area contributed by atoms with Crippen LogP contribution in [0.5, 0.6) is 5.75 Å². The number of nitrogens with one attached hydrogen (secondary N) is 3. The van der Waals surface area contributed by atoms with Gasteiger partial charge < -0.3 is 19.9 Å². The molecule has 1 saturated heterocycles. The predicted octanol–water partition coefficient (Wildman–Crippen LogP) is 5.70. The van der Waals surface area contributed by atoms with Gasteiger partial charge in [0.25, 0.3) is 16.0 Å². The number of piperidine rings is 1. The molecule has 0 radical (unpaired) electrons. The van der Waals surface area contributed by atoms with Crippen molar-refractivity contribution in [2.45, 2.75) is 70.1 Å². The maximum atomic E-state index is 13.2. The molecule has 0 unspecified atom stereocenters. The first-order valence-corrected chi connectivity index (χ1v) is 16.5. The molecule has 258 valence electrons. The summed E-state index contributed by atoms with van der Waals surface area (Å²) in [5.74, 6) is 0.228. The number of hydrogen-bond acceptors (Lipinski definition) is 9. The van der Waals surface area contributed by atoms with Gasteiger partial charge in [-0.25, -0.2) is 18.6 Å². The molecule has 1 aliphatic rings. The molecule has 47 heavy (non-hydrogen) atoms. The number of aromatic nitrogens is 2. The Bertz CT molecular complexity index is 1600. The van der Waals surface area contributed by atoms with Crippen LogP contribution in [-0.4, -0.2) is 83.8 Å². The molecule has 4 rings (SSSR count). The van der Waals surface area contributed by atoms with Crippen molar-refractivity contribution in [1.82, 2.24) is 15.0 Å². The average molecular weight is 681 g/mol. The number of halogens is 2. The molecule has 1 fully saturated rings. The van der Waals surface area contributed by atoms with Crippen molar-refractivity contribution in [3.63, 3.8) is 0 Å². The van der Waals surface area contributed by atoms with Crippen LogP contribution >= 0.6 is 0 Å². The fourth-order valence-electron chi connectivity index (χ4n) is 5.04. The number of carbonyl (C=O) groups excluding carboxylic acids is 2. The lowest BCUT2D eigenvalue weighted by molar-refractivity contribution is -0.0557. The van der Waals surface area contributed by atoms with Gasteiger partial charge in [-0.2, -0.15) is 8.42 Å². The Morgan fingerprint density at radius 3 is 2.04 bits per heavy atom. The summed E-state index contributed by atoms with van der Waals surface area (Å²) in [4.78, 5) is 31.7. The summed E-state index contributed by atoms with van der Waals surface area (Å²) in [5, 5.41) is 11.5. The number of carbonyl (C=O) groups is 2. The van der Waals surface area contributed by atoms with Gasteiger partial charge in [-0.15, -0.1) is 0 Å². The Morgan fingerprint density at radius 1 is 1.02 bits per heavy atom. The summed E-state index contributed by atoms with van der Waals surface area (Å²) in [6.07, 6.45) is 4.07. The van der Waals surface area contributed by atoms with E-state index in [-0.39, 0.29) is 34.5 Å². The monoisotopic (exact) mass is 680 g/mol. The van der Waals surface area contributed by atoms with Crippen LogP contribution < -0.4 is 20.7 Å². The van der Waals surface area contributed by atoms with Crippen LogP contribution in [0.1, 0.15) is 63.7 Å². The van der Waals surface area contributed by atoms with Crippen LogP contribution in [0.15, 0.2) is 53.2 Å². The molecular formula is C31H42F2N6O7S. The predicted molar refractivity (Wildman–Crippen MR) is 174 cm³/mol. The van der Waals surface area contributed by atoms with Crippen LogP contribution in [0, 0.1) is 0 Å². The number of nitrogens with zero attached hydrogens (tertiary/aromatic N) is 3. The summed E-state index contributed by atoms with van der Waals surface area (Å²) < 4.78 is 63.4. The van der Waals surface area contributed by atoms with E-state index < -0.39 is 40.8 Å². The second-order valence-electron chi connectivity index (χ2n) is 13.0. The number of hydrogen-bond donors (Lipinski definition) is 4. The number of likely N-dealkylation sites (tertiary alicyclic amines) is 1. The number of alkyl halides is 2. The highest BCUT2D eigenvalue weighted by atomic mass is 32.2. The highest BCUT2D eigenvalue weighted by Crippen LogP contribution is 2.38. The molecule has 4 N–H and O–H groups in total. The summed E-state index contributed by atoms with van der Waals surface area (Å²) >= 11 is 0. The van der Waals surface area contributed by atoms with Crippen LogP contribution in [-0.2, 0) is 15.5 Å².